The third kappa shape index (κ3) is 3.35. The van der Waals surface area contributed by atoms with Crippen LogP contribution in [0, 0.1) is 0 Å². The second-order valence-electron chi connectivity index (χ2n) is 5.34. The van der Waals surface area contributed by atoms with E-state index in [9.17, 15) is 0 Å². The molecule has 1 aromatic heterocycles. The molecule has 2 aromatic rings. The standard InChI is InChI=1S/C16H19ClN2S/c1-19(11-14-5-3-9-20-14)16-12(4-2-6-15(16)17)10-18-13-7-8-13/h2-6,9,13,18H,7-8,10-11H2,1H3. The molecule has 2 nitrogen and oxygen atoms in total. The van der Waals surface area contributed by atoms with Gasteiger partial charge < -0.3 is 10.2 Å². The number of anilines is 1. The van der Waals surface area contributed by atoms with E-state index in [1.165, 1.54) is 23.3 Å². The zero-order chi connectivity index (χ0) is 13.9. The first-order valence-electron chi connectivity index (χ1n) is 6.98. The lowest BCUT2D eigenvalue weighted by Crippen LogP contribution is -2.21. The van der Waals surface area contributed by atoms with Crippen LogP contribution in [0.25, 0.3) is 0 Å². The number of rotatable bonds is 6. The number of para-hydroxylation sites is 1. The van der Waals surface area contributed by atoms with Crippen LogP contribution in [0.3, 0.4) is 0 Å². The van der Waals surface area contributed by atoms with E-state index in [1.54, 1.807) is 11.3 Å². The van der Waals surface area contributed by atoms with Gasteiger partial charge in [0.05, 0.1) is 17.3 Å². The number of benzene rings is 1. The number of hydrogen-bond acceptors (Lipinski definition) is 3. The summed E-state index contributed by atoms with van der Waals surface area (Å²) in [6.07, 6.45) is 2.61. The molecular weight excluding hydrogens is 288 g/mol. The first-order chi connectivity index (χ1) is 9.74. The Morgan fingerprint density at radius 2 is 2.15 bits per heavy atom. The lowest BCUT2D eigenvalue weighted by molar-refractivity contribution is 0.685. The van der Waals surface area contributed by atoms with Crippen LogP contribution in [0.15, 0.2) is 35.7 Å². The lowest BCUT2D eigenvalue weighted by atomic mass is 10.1. The van der Waals surface area contributed by atoms with Crippen molar-refractivity contribution in [3.05, 3.63) is 51.2 Å². The van der Waals surface area contributed by atoms with Gasteiger partial charge in [-0.15, -0.1) is 11.3 Å². The van der Waals surface area contributed by atoms with Gasteiger partial charge in [-0.05, 0) is 35.9 Å². The molecule has 0 spiro atoms. The van der Waals surface area contributed by atoms with Crippen molar-refractivity contribution in [2.24, 2.45) is 0 Å². The fourth-order valence-corrected chi connectivity index (χ4v) is 3.48. The Hall–Kier alpha value is -1.03. The minimum atomic E-state index is 0.712. The Balaban J connectivity index is 1.78. The first kappa shape index (κ1) is 13.9. The summed E-state index contributed by atoms with van der Waals surface area (Å²) in [6, 6.07) is 11.2. The molecule has 106 valence electrons. The average molecular weight is 307 g/mol. The highest BCUT2D eigenvalue weighted by atomic mass is 35.5. The molecule has 0 radical (unpaired) electrons. The van der Waals surface area contributed by atoms with Crippen LogP contribution in [0.4, 0.5) is 5.69 Å². The van der Waals surface area contributed by atoms with Crippen LogP contribution < -0.4 is 10.2 Å². The molecule has 1 saturated carbocycles. The van der Waals surface area contributed by atoms with Gasteiger partial charge in [-0.25, -0.2) is 0 Å². The molecule has 4 heteroatoms. The van der Waals surface area contributed by atoms with Crippen molar-refractivity contribution >= 4 is 28.6 Å². The molecule has 0 unspecified atom stereocenters. The Morgan fingerprint density at radius 1 is 1.30 bits per heavy atom. The van der Waals surface area contributed by atoms with Gasteiger partial charge in [0.15, 0.2) is 0 Å². The van der Waals surface area contributed by atoms with Gasteiger partial charge in [0.25, 0.3) is 0 Å². The Labute approximate surface area is 129 Å². The predicted octanol–water partition coefficient (Wildman–Crippen LogP) is 4.29. The zero-order valence-electron chi connectivity index (χ0n) is 11.6. The highest BCUT2D eigenvalue weighted by molar-refractivity contribution is 7.09. The molecule has 20 heavy (non-hydrogen) atoms. The van der Waals surface area contributed by atoms with E-state index >= 15 is 0 Å². The summed E-state index contributed by atoms with van der Waals surface area (Å²) in [4.78, 5) is 3.60. The summed E-state index contributed by atoms with van der Waals surface area (Å²) in [6.45, 7) is 1.80. The van der Waals surface area contributed by atoms with Crippen LogP contribution in [0.1, 0.15) is 23.3 Å². The number of thiophene rings is 1. The van der Waals surface area contributed by atoms with E-state index in [4.69, 9.17) is 11.6 Å². The van der Waals surface area contributed by atoms with E-state index < -0.39 is 0 Å². The van der Waals surface area contributed by atoms with Gasteiger partial charge in [-0.2, -0.15) is 0 Å². The molecule has 0 saturated heterocycles. The second kappa shape index (κ2) is 6.17. The monoisotopic (exact) mass is 306 g/mol. The maximum absolute atomic E-state index is 6.43. The van der Waals surface area contributed by atoms with E-state index in [2.05, 4.69) is 40.8 Å². The van der Waals surface area contributed by atoms with Crippen molar-refractivity contribution in [2.45, 2.75) is 32.0 Å². The van der Waals surface area contributed by atoms with Crippen LogP contribution in [0.5, 0.6) is 0 Å². The van der Waals surface area contributed by atoms with Crippen LogP contribution in [0.2, 0.25) is 5.02 Å². The minimum Gasteiger partial charge on any atom is -0.368 e. The van der Waals surface area contributed by atoms with E-state index in [0.29, 0.717) is 6.04 Å². The van der Waals surface area contributed by atoms with Crippen molar-refractivity contribution in [1.82, 2.24) is 5.32 Å². The molecule has 3 rings (SSSR count). The molecule has 0 aliphatic heterocycles. The van der Waals surface area contributed by atoms with Crippen molar-refractivity contribution in [2.75, 3.05) is 11.9 Å². The number of halogens is 1. The maximum Gasteiger partial charge on any atom is 0.0642 e. The van der Waals surface area contributed by atoms with Crippen molar-refractivity contribution in [3.63, 3.8) is 0 Å². The van der Waals surface area contributed by atoms with Gasteiger partial charge in [0, 0.05) is 24.5 Å². The summed E-state index contributed by atoms with van der Waals surface area (Å²) < 4.78 is 0. The van der Waals surface area contributed by atoms with Crippen molar-refractivity contribution in [3.8, 4) is 0 Å². The molecule has 0 amide bonds. The minimum absolute atomic E-state index is 0.712. The van der Waals surface area contributed by atoms with E-state index in [0.717, 1.165) is 23.8 Å². The van der Waals surface area contributed by atoms with Crippen molar-refractivity contribution < 1.29 is 0 Å². The van der Waals surface area contributed by atoms with Crippen LogP contribution >= 0.6 is 22.9 Å². The van der Waals surface area contributed by atoms with Crippen LogP contribution in [-0.4, -0.2) is 13.1 Å². The fraction of sp³-hybridized carbons (Fsp3) is 0.375. The Kier molecular flexibility index (Phi) is 4.29. The van der Waals surface area contributed by atoms with Crippen LogP contribution in [-0.2, 0) is 13.1 Å². The maximum atomic E-state index is 6.43. The SMILES string of the molecule is CN(Cc1cccs1)c1c(Cl)cccc1CNC1CC1. The topological polar surface area (TPSA) is 15.3 Å². The molecular formula is C16H19ClN2S. The number of nitrogens with zero attached hydrogens (tertiary/aromatic N) is 1. The summed E-state index contributed by atoms with van der Waals surface area (Å²) in [5.41, 5.74) is 2.43. The Bertz CT molecular complexity index is 564. The third-order valence-electron chi connectivity index (χ3n) is 3.58. The molecule has 1 aliphatic rings. The summed E-state index contributed by atoms with van der Waals surface area (Å²) in [5.74, 6) is 0. The normalized spacial score (nSPS) is 14.5. The Morgan fingerprint density at radius 3 is 2.85 bits per heavy atom. The first-order valence-corrected chi connectivity index (χ1v) is 8.24. The molecule has 1 heterocycles. The molecule has 1 N–H and O–H groups in total. The molecule has 1 aromatic carbocycles. The quantitative estimate of drug-likeness (QED) is 0.856. The molecule has 1 fully saturated rings. The summed E-state index contributed by atoms with van der Waals surface area (Å²) >= 11 is 8.21. The fourth-order valence-electron chi connectivity index (χ4n) is 2.39. The van der Waals surface area contributed by atoms with Gasteiger partial charge in [0.1, 0.15) is 0 Å². The summed E-state index contributed by atoms with van der Waals surface area (Å²) in [7, 11) is 2.11. The summed E-state index contributed by atoms with van der Waals surface area (Å²) in [5, 5.41) is 6.52. The van der Waals surface area contributed by atoms with Gasteiger partial charge >= 0.3 is 0 Å². The smallest absolute Gasteiger partial charge is 0.0642 e. The second-order valence-corrected chi connectivity index (χ2v) is 6.78. The van der Waals surface area contributed by atoms with E-state index in [1.807, 2.05) is 12.1 Å². The van der Waals surface area contributed by atoms with Crippen molar-refractivity contribution in [1.29, 1.82) is 0 Å². The van der Waals surface area contributed by atoms with Gasteiger partial charge in [-0.1, -0.05) is 29.8 Å². The zero-order valence-corrected chi connectivity index (χ0v) is 13.2. The largest absolute Gasteiger partial charge is 0.368 e. The lowest BCUT2D eigenvalue weighted by Gasteiger charge is -2.23. The number of nitrogens with one attached hydrogen (secondary N) is 1. The van der Waals surface area contributed by atoms with Gasteiger partial charge in [-0.3, -0.25) is 0 Å². The molecule has 0 bridgehead atoms. The molecule has 0 atom stereocenters. The highest BCUT2D eigenvalue weighted by Gasteiger charge is 2.21. The highest BCUT2D eigenvalue weighted by Crippen LogP contribution is 2.31. The van der Waals surface area contributed by atoms with E-state index in [-0.39, 0.29) is 0 Å². The number of hydrogen-bond donors (Lipinski definition) is 1. The average Bonchev–Trinajstić information content (AvgIpc) is 3.13. The van der Waals surface area contributed by atoms with Gasteiger partial charge in [0.2, 0.25) is 0 Å². The molecule has 1 aliphatic carbocycles. The predicted molar refractivity (Wildman–Crippen MR) is 87.7 cm³/mol. The third-order valence-corrected chi connectivity index (χ3v) is 4.75.